The molecule has 0 atom stereocenters. The number of carbonyl (C=O) groups is 1. The number of benzene rings is 2. The van der Waals surface area contributed by atoms with Gasteiger partial charge in [0, 0.05) is 16.5 Å². The summed E-state index contributed by atoms with van der Waals surface area (Å²) in [7, 11) is 0. The summed E-state index contributed by atoms with van der Waals surface area (Å²) >= 11 is 0. The van der Waals surface area contributed by atoms with Crippen LogP contribution in [0.4, 0.5) is 0 Å². The van der Waals surface area contributed by atoms with Gasteiger partial charge in [-0.2, -0.15) is 0 Å². The van der Waals surface area contributed by atoms with Gasteiger partial charge in [0.25, 0.3) is 0 Å². The van der Waals surface area contributed by atoms with Gasteiger partial charge in [0.2, 0.25) is 0 Å². The fraction of sp³-hybridized carbons (Fsp3) is 0.167. The summed E-state index contributed by atoms with van der Waals surface area (Å²) in [6.45, 7) is 6.18. The van der Waals surface area contributed by atoms with E-state index in [0.29, 0.717) is 0 Å². The lowest BCUT2D eigenvalue weighted by Crippen LogP contribution is -1.84. The molecule has 0 aliphatic carbocycles. The maximum absolute atomic E-state index is 11.5. The van der Waals surface area contributed by atoms with Crippen LogP contribution in [0.3, 0.4) is 0 Å². The number of nitrogens with one attached hydrogen (secondary N) is 1. The van der Waals surface area contributed by atoms with Crippen molar-refractivity contribution in [2.24, 2.45) is 0 Å². The van der Waals surface area contributed by atoms with Gasteiger partial charge < -0.3 is 4.98 Å². The molecule has 0 bridgehead atoms. The second-order valence-electron chi connectivity index (χ2n) is 5.40. The first-order valence-electron chi connectivity index (χ1n) is 6.75. The van der Waals surface area contributed by atoms with Gasteiger partial charge in [-0.15, -0.1) is 0 Å². The molecular formula is C18H17NO. The zero-order valence-corrected chi connectivity index (χ0v) is 11.9. The van der Waals surface area contributed by atoms with E-state index in [1.54, 1.807) is 0 Å². The smallest absolute Gasteiger partial charge is 0.152 e. The largest absolute Gasteiger partial charge is 0.354 e. The molecule has 1 N–H and O–H groups in total. The summed E-state index contributed by atoms with van der Waals surface area (Å²) < 4.78 is 0. The van der Waals surface area contributed by atoms with Crippen molar-refractivity contribution in [3.8, 4) is 11.3 Å². The Balaban J connectivity index is 2.33. The van der Waals surface area contributed by atoms with E-state index in [-0.39, 0.29) is 0 Å². The normalized spacial score (nSPS) is 10.9. The lowest BCUT2D eigenvalue weighted by Gasteiger charge is -2.00. The van der Waals surface area contributed by atoms with Crippen LogP contribution in [0.1, 0.15) is 27.0 Å². The number of aldehydes is 1. The van der Waals surface area contributed by atoms with Gasteiger partial charge in [-0.1, -0.05) is 41.5 Å². The molecule has 0 radical (unpaired) electrons. The topological polar surface area (TPSA) is 32.9 Å². The van der Waals surface area contributed by atoms with Crippen LogP contribution in [0.25, 0.3) is 22.2 Å². The molecule has 2 nitrogen and oxygen atoms in total. The van der Waals surface area contributed by atoms with Crippen LogP contribution < -0.4 is 0 Å². The summed E-state index contributed by atoms with van der Waals surface area (Å²) in [6, 6.07) is 12.4. The quantitative estimate of drug-likeness (QED) is 0.675. The number of hydrogen-bond acceptors (Lipinski definition) is 1. The molecule has 2 aromatic carbocycles. The summed E-state index contributed by atoms with van der Waals surface area (Å²) in [4.78, 5) is 15.0. The monoisotopic (exact) mass is 263 g/mol. The number of hydrogen-bond donors (Lipinski definition) is 1. The molecule has 0 unspecified atom stereocenters. The molecule has 2 heteroatoms. The average Bonchev–Trinajstić information content (AvgIpc) is 2.78. The summed E-state index contributed by atoms with van der Waals surface area (Å²) in [5.74, 6) is 0. The van der Waals surface area contributed by atoms with E-state index >= 15 is 0 Å². The Hall–Kier alpha value is -2.35. The highest BCUT2D eigenvalue weighted by Crippen LogP contribution is 2.31. The first kappa shape index (κ1) is 12.7. The van der Waals surface area contributed by atoms with Crippen molar-refractivity contribution in [2.45, 2.75) is 20.8 Å². The molecular weight excluding hydrogens is 246 g/mol. The first-order valence-corrected chi connectivity index (χ1v) is 6.75. The molecule has 0 amide bonds. The minimum absolute atomic E-state index is 0.746. The molecule has 100 valence electrons. The maximum Gasteiger partial charge on any atom is 0.152 e. The van der Waals surface area contributed by atoms with Crippen LogP contribution in [0.15, 0.2) is 36.4 Å². The minimum Gasteiger partial charge on any atom is -0.354 e. The number of H-pyrrole nitrogens is 1. The molecule has 0 saturated heterocycles. The van der Waals surface area contributed by atoms with Crippen molar-refractivity contribution in [1.82, 2.24) is 4.98 Å². The summed E-state index contributed by atoms with van der Waals surface area (Å²) in [5, 5.41) is 1.01. The predicted molar refractivity (Wildman–Crippen MR) is 83.3 cm³/mol. The molecule has 20 heavy (non-hydrogen) atoms. The van der Waals surface area contributed by atoms with Gasteiger partial charge in [0.05, 0.1) is 5.69 Å². The SMILES string of the molecule is Cc1ccc(-c2[nH]c3c(C)cc(C)cc3c2C=O)cc1. The molecule has 1 aromatic heterocycles. The van der Waals surface area contributed by atoms with Gasteiger partial charge in [0.15, 0.2) is 6.29 Å². The van der Waals surface area contributed by atoms with Gasteiger partial charge in [-0.3, -0.25) is 4.79 Å². The highest BCUT2D eigenvalue weighted by atomic mass is 16.1. The van der Waals surface area contributed by atoms with Gasteiger partial charge in [0.1, 0.15) is 0 Å². The van der Waals surface area contributed by atoms with Crippen LogP contribution in [0, 0.1) is 20.8 Å². The number of fused-ring (bicyclic) bond motifs is 1. The minimum atomic E-state index is 0.746. The predicted octanol–water partition coefficient (Wildman–Crippen LogP) is 4.57. The third-order valence-electron chi connectivity index (χ3n) is 3.75. The van der Waals surface area contributed by atoms with Gasteiger partial charge >= 0.3 is 0 Å². The first-order chi connectivity index (χ1) is 9.60. The Morgan fingerprint density at radius 3 is 2.30 bits per heavy atom. The van der Waals surface area contributed by atoms with Crippen LogP contribution in [0.5, 0.6) is 0 Å². The van der Waals surface area contributed by atoms with Crippen LogP contribution in [-0.4, -0.2) is 11.3 Å². The standard InChI is InChI=1S/C18H17NO/c1-11-4-6-14(7-5-11)18-16(10-20)15-9-12(2)8-13(3)17(15)19-18/h4-10,19H,1-3H3. The van der Waals surface area contributed by atoms with E-state index in [2.05, 4.69) is 62.2 Å². The fourth-order valence-electron chi connectivity index (χ4n) is 2.74. The van der Waals surface area contributed by atoms with E-state index in [9.17, 15) is 4.79 Å². The Labute approximate surface area is 118 Å². The lowest BCUT2D eigenvalue weighted by atomic mass is 10.0. The molecule has 0 fully saturated rings. The molecule has 0 spiro atoms. The Kier molecular flexibility index (Phi) is 2.94. The third kappa shape index (κ3) is 1.94. The lowest BCUT2D eigenvalue weighted by molar-refractivity contribution is 0.112. The van der Waals surface area contributed by atoms with Crippen molar-refractivity contribution in [3.05, 3.63) is 58.7 Å². The third-order valence-corrected chi connectivity index (χ3v) is 3.75. The van der Waals surface area contributed by atoms with E-state index < -0.39 is 0 Å². The second kappa shape index (κ2) is 4.64. The Bertz CT molecular complexity index is 794. The summed E-state index contributed by atoms with van der Waals surface area (Å²) in [5.41, 5.74) is 7.30. The van der Waals surface area contributed by atoms with Crippen molar-refractivity contribution >= 4 is 17.2 Å². The number of aromatic nitrogens is 1. The van der Waals surface area contributed by atoms with Crippen LogP contribution in [-0.2, 0) is 0 Å². The van der Waals surface area contributed by atoms with Crippen molar-refractivity contribution < 1.29 is 4.79 Å². The number of carbonyl (C=O) groups excluding carboxylic acids is 1. The highest BCUT2D eigenvalue weighted by molar-refractivity contribution is 6.05. The second-order valence-corrected chi connectivity index (χ2v) is 5.40. The molecule has 3 aromatic rings. The number of aryl methyl sites for hydroxylation is 3. The van der Waals surface area contributed by atoms with Gasteiger partial charge in [-0.05, 0) is 38.0 Å². The summed E-state index contributed by atoms with van der Waals surface area (Å²) in [6.07, 6.45) is 0.951. The van der Waals surface area contributed by atoms with Crippen molar-refractivity contribution in [1.29, 1.82) is 0 Å². The van der Waals surface area contributed by atoms with E-state index in [1.807, 2.05) is 0 Å². The van der Waals surface area contributed by atoms with E-state index in [4.69, 9.17) is 0 Å². The molecule has 0 saturated carbocycles. The average molecular weight is 263 g/mol. The van der Waals surface area contributed by atoms with Gasteiger partial charge in [-0.25, -0.2) is 0 Å². The van der Waals surface area contributed by atoms with Crippen LogP contribution in [0.2, 0.25) is 0 Å². The maximum atomic E-state index is 11.5. The van der Waals surface area contributed by atoms with E-state index in [1.165, 1.54) is 16.7 Å². The highest BCUT2D eigenvalue weighted by Gasteiger charge is 2.14. The Morgan fingerprint density at radius 2 is 1.65 bits per heavy atom. The number of aromatic amines is 1. The van der Waals surface area contributed by atoms with Crippen molar-refractivity contribution in [3.63, 3.8) is 0 Å². The van der Waals surface area contributed by atoms with Crippen LogP contribution >= 0.6 is 0 Å². The molecule has 0 aliphatic rings. The van der Waals surface area contributed by atoms with Crippen molar-refractivity contribution in [2.75, 3.05) is 0 Å². The molecule has 3 rings (SSSR count). The number of rotatable bonds is 2. The molecule has 0 aliphatic heterocycles. The Morgan fingerprint density at radius 1 is 0.950 bits per heavy atom. The zero-order valence-electron chi connectivity index (χ0n) is 11.9. The molecule has 1 heterocycles. The van der Waals surface area contributed by atoms with E-state index in [0.717, 1.165) is 34.0 Å². The zero-order chi connectivity index (χ0) is 14.3. The fourth-order valence-corrected chi connectivity index (χ4v) is 2.74.